The quantitative estimate of drug-likeness (QED) is 0.147. The van der Waals surface area contributed by atoms with Gasteiger partial charge in [0.25, 0.3) is 6.71 Å². The van der Waals surface area contributed by atoms with Gasteiger partial charge in [0.05, 0.1) is 11.0 Å². The second kappa shape index (κ2) is 24.2. The second-order valence-electron chi connectivity index (χ2n) is 40.1. The maximum absolute atomic E-state index is 2.66. The van der Waals surface area contributed by atoms with E-state index in [0.29, 0.717) is 0 Å². The summed E-state index contributed by atoms with van der Waals surface area (Å²) in [4.78, 5) is 5.29. The second-order valence-corrected chi connectivity index (χ2v) is 40.1. The molecule has 0 saturated carbocycles. The summed E-state index contributed by atoms with van der Waals surface area (Å²) in [5.41, 5.74) is 37.1. The van der Waals surface area contributed by atoms with E-state index in [1.807, 2.05) is 0 Å². The Morgan fingerprint density at radius 3 is 1.06 bits per heavy atom. The Kier molecular flexibility index (Phi) is 16.2. The van der Waals surface area contributed by atoms with Gasteiger partial charge >= 0.3 is 0 Å². The van der Waals surface area contributed by atoms with Crippen molar-refractivity contribution in [3.05, 3.63) is 262 Å². The smallest absolute Gasteiger partial charge is 0.252 e. The average molecular weight is 1390 g/mol. The fourth-order valence-corrected chi connectivity index (χ4v) is 18.2. The van der Waals surface area contributed by atoms with Gasteiger partial charge in [-0.2, -0.15) is 0 Å². The molecule has 4 aliphatic rings. The minimum atomic E-state index is -0.159. The normalized spacial score (nSPS) is 16.5. The van der Waals surface area contributed by atoms with E-state index in [1.54, 1.807) is 0 Å². The third-order valence-electron chi connectivity index (χ3n) is 25.5. The first-order valence-electron chi connectivity index (χ1n) is 39.6. The van der Waals surface area contributed by atoms with Crippen LogP contribution in [-0.4, -0.2) is 11.3 Å². The highest BCUT2D eigenvalue weighted by atomic mass is 15.2. The van der Waals surface area contributed by atoms with Gasteiger partial charge in [0.15, 0.2) is 0 Å². The molecule has 3 heterocycles. The fourth-order valence-electron chi connectivity index (χ4n) is 18.2. The van der Waals surface area contributed by atoms with Gasteiger partial charge in [0.1, 0.15) is 0 Å². The standard InChI is InChI=1S/C102H112BN3/c1-94(2,3)71-33-24-65(25-34-71)70-57-91-93-92(58-70)105(77-39-28-64(29-40-77)67-31-43-82-84(55-67)102(22,23)51-49-100(82,18)19)90-62-78(106-87-46-35-72(95(4,5)6)60-79(87)80-61-73(96(7,8)9)36-47-88(80)106)41-44-85(90)103(93)86-56-68(69-52-74(97(10,11)12)59-75(53-69)98(13,14)15)32-45-89(86)104(91)76-37-26-63(27-38-76)66-30-42-81-83(54-66)101(20,21)50-48-99(81,16)17/h24-47,52-62H,48-51H2,1-23H3. The maximum Gasteiger partial charge on any atom is 0.252 e. The molecule has 12 aromatic rings. The lowest BCUT2D eigenvalue weighted by molar-refractivity contribution is 0.332. The Morgan fingerprint density at radius 2 is 0.613 bits per heavy atom. The molecule has 0 unspecified atom stereocenters. The predicted molar refractivity (Wildman–Crippen MR) is 461 cm³/mol. The summed E-state index contributed by atoms with van der Waals surface area (Å²) >= 11 is 0. The largest absolute Gasteiger partial charge is 0.311 e. The third-order valence-corrected chi connectivity index (χ3v) is 25.5. The van der Waals surface area contributed by atoms with Crippen LogP contribution in [0.15, 0.2) is 212 Å². The third kappa shape index (κ3) is 12.1. The first kappa shape index (κ1) is 71.2. The molecule has 1 aromatic heterocycles. The van der Waals surface area contributed by atoms with Crippen molar-refractivity contribution in [3.63, 3.8) is 0 Å². The fraction of sp³-hybridized carbons (Fsp3) is 0.353. The molecule has 0 amide bonds. The van der Waals surface area contributed by atoms with E-state index in [9.17, 15) is 0 Å². The molecule has 0 saturated heterocycles. The van der Waals surface area contributed by atoms with Crippen molar-refractivity contribution in [2.75, 3.05) is 9.80 Å². The maximum atomic E-state index is 2.66. The monoisotopic (exact) mass is 1390 g/mol. The molecule has 16 rings (SSSR count). The molecule has 0 bridgehead atoms. The molecule has 2 aliphatic heterocycles. The Hall–Kier alpha value is -9.12. The number of anilines is 6. The molecule has 4 heteroatoms. The van der Waals surface area contributed by atoms with Crippen LogP contribution in [0, 0.1) is 0 Å². The molecule has 0 fully saturated rings. The SMILES string of the molecule is CC(C)(C)c1ccc(-c2cc3c4c(c2)N(c2ccc(-c5ccc6c(c5)C(C)(C)CCC6(C)C)cc2)c2cc(-n5c6ccc(C(C)(C)C)cc6c6cc(C(C)(C)C)ccc65)ccc2B4c2cc(-c4cc(C(C)(C)C)cc(C(C)(C)C)c4)ccc2N3c2ccc(-c3ccc4c(c3)C(C)(C)CCC4(C)C)cc2)cc1. The highest BCUT2D eigenvalue weighted by Gasteiger charge is 2.46. The number of benzene rings is 11. The summed E-state index contributed by atoms with van der Waals surface area (Å²) in [6.07, 6.45) is 4.73. The highest BCUT2D eigenvalue weighted by molar-refractivity contribution is 7.00. The Balaban J connectivity index is 0.981. The Labute approximate surface area is 635 Å². The van der Waals surface area contributed by atoms with E-state index in [4.69, 9.17) is 0 Å². The van der Waals surface area contributed by atoms with Crippen molar-refractivity contribution in [2.45, 2.75) is 234 Å². The van der Waals surface area contributed by atoms with Gasteiger partial charge in [-0.05, 0) is 264 Å². The number of hydrogen-bond acceptors (Lipinski definition) is 2. The lowest BCUT2D eigenvalue weighted by Crippen LogP contribution is -2.61. The van der Waals surface area contributed by atoms with Crippen molar-refractivity contribution >= 4 is 79.0 Å². The van der Waals surface area contributed by atoms with E-state index >= 15 is 0 Å². The predicted octanol–water partition coefficient (Wildman–Crippen LogP) is 26.7. The van der Waals surface area contributed by atoms with Crippen LogP contribution in [0.3, 0.4) is 0 Å². The summed E-state index contributed by atoms with van der Waals surface area (Å²) in [6.45, 7) is 54.5. The van der Waals surface area contributed by atoms with Crippen LogP contribution in [0.1, 0.15) is 235 Å². The minimum absolute atomic E-state index is 0.0101. The van der Waals surface area contributed by atoms with E-state index in [2.05, 4.69) is 386 Å². The first-order valence-corrected chi connectivity index (χ1v) is 39.6. The van der Waals surface area contributed by atoms with E-state index in [1.165, 1.54) is 181 Å². The molecule has 11 aromatic carbocycles. The van der Waals surface area contributed by atoms with Crippen LogP contribution in [0.25, 0.3) is 72.0 Å². The van der Waals surface area contributed by atoms with Crippen molar-refractivity contribution in [2.24, 2.45) is 0 Å². The van der Waals surface area contributed by atoms with Gasteiger partial charge in [0, 0.05) is 50.6 Å². The van der Waals surface area contributed by atoms with Crippen molar-refractivity contribution in [1.82, 2.24) is 4.57 Å². The van der Waals surface area contributed by atoms with Crippen LogP contribution >= 0.6 is 0 Å². The van der Waals surface area contributed by atoms with E-state index in [0.717, 1.165) is 17.1 Å². The molecule has 0 N–H and O–H groups in total. The zero-order chi connectivity index (χ0) is 75.3. The molecule has 538 valence electrons. The van der Waals surface area contributed by atoms with Crippen molar-refractivity contribution < 1.29 is 0 Å². The van der Waals surface area contributed by atoms with Gasteiger partial charge in [-0.15, -0.1) is 0 Å². The van der Waals surface area contributed by atoms with E-state index in [-0.39, 0.29) is 55.4 Å². The number of rotatable bonds is 7. The van der Waals surface area contributed by atoms with Gasteiger partial charge in [-0.25, -0.2) is 0 Å². The number of nitrogens with zero attached hydrogens (tertiary/aromatic N) is 3. The highest BCUT2D eigenvalue weighted by Crippen LogP contribution is 2.53. The topological polar surface area (TPSA) is 11.4 Å². The number of hydrogen-bond donors (Lipinski definition) is 0. The molecule has 0 radical (unpaired) electrons. The van der Waals surface area contributed by atoms with Crippen LogP contribution < -0.4 is 26.2 Å². The van der Waals surface area contributed by atoms with Crippen LogP contribution in [-0.2, 0) is 48.7 Å². The summed E-state index contributed by atoms with van der Waals surface area (Å²) < 4.78 is 2.57. The summed E-state index contributed by atoms with van der Waals surface area (Å²) in [6, 6.07) is 85.4. The Bertz CT molecular complexity index is 5430. The van der Waals surface area contributed by atoms with E-state index < -0.39 is 0 Å². The van der Waals surface area contributed by atoms with Crippen molar-refractivity contribution in [3.8, 4) is 50.2 Å². The van der Waals surface area contributed by atoms with Crippen molar-refractivity contribution in [1.29, 1.82) is 0 Å². The first-order chi connectivity index (χ1) is 49.6. The lowest BCUT2D eigenvalue weighted by atomic mass is 9.33. The average Bonchev–Trinajstić information content (AvgIpc) is 0.719. The van der Waals surface area contributed by atoms with Gasteiger partial charge in [0.2, 0.25) is 0 Å². The lowest BCUT2D eigenvalue weighted by Gasteiger charge is -2.45. The van der Waals surface area contributed by atoms with Crippen LogP contribution in [0.2, 0.25) is 0 Å². The molecule has 0 atom stereocenters. The van der Waals surface area contributed by atoms with Crippen LogP contribution in [0.4, 0.5) is 34.1 Å². The summed E-state index contributed by atoms with van der Waals surface area (Å²) in [5, 5.41) is 2.57. The van der Waals surface area contributed by atoms with Gasteiger partial charge in [-0.3, -0.25) is 0 Å². The molecule has 2 aliphatic carbocycles. The van der Waals surface area contributed by atoms with Gasteiger partial charge in [-0.1, -0.05) is 293 Å². The molecular weight excluding hydrogens is 1280 g/mol. The minimum Gasteiger partial charge on any atom is -0.311 e. The van der Waals surface area contributed by atoms with Crippen LogP contribution in [0.5, 0.6) is 0 Å². The molecular formula is C102H112BN3. The molecule has 106 heavy (non-hydrogen) atoms. The summed E-state index contributed by atoms with van der Waals surface area (Å²) in [7, 11) is 0. The molecule has 0 spiro atoms. The number of fused-ring (bicyclic) bond motifs is 9. The number of aromatic nitrogens is 1. The molecule has 3 nitrogen and oxygen atoms in total. The Morgan fingerprint density at radius 1 is 0.255 bits per heavy atom. The zero-order valence-corrected chi connectivity index (χ0v) is 68.0. The van der Waals surface area contributed by atoms with Gasteiger partial charge < -0.3 is 14.4 Å². The summed E-state index contributed by atoms with van der Waals surface area (Å²) in [5.74, 6) is 0. The zero-order valence-electron chi connectivity index (χ0n) is 68.0.